The van der Waals surface area contributed by atoms with Crippen molar-refractivity contribution < 1.29 is 5.11 Å². The molecule has 1 aliphatic rings. The van der Waals surface area contributed by atoms with Gasteiger partial charge in [0.15, 0.2) is 0 Å². The molecule has 0 saturated carbocycles. The first-order chi connectivity index (χ1) is 12.6. The summed E-state index contributed by atoms with van der Waals surface area (Å²) >= 11 is 0. The number of aliphatic hydroxyl groups is 1. The Balaban J connectivity index is 1.73. The van der Waals surface area contributed by atoms with Crippen molar-refractivity contribution in [1.82, 2.24) is 9.55 Å². The lowest BCUT2D eigenvalue weighted by Crippen LogP contribution is -2.41. The summed E-state index contributed by atoms with van der Waals surface area (Å²) in [4.78, 5) is 6.92. The molecule has 0 spiro atoms. The monoisotopic (exact) mass is 347 g/mol. The molecule has 3 aromatic rings. The van der Waals surface area contributed by atoms with Crippen LogP contribution in [0, 0.1) is 11.3 Å². The molecule has 6 nitrogen and oxygen atoms in total. The van der Waals surface area contributed by atoms with Gasteiger partial charge in [-0.25, -0.2) is 4.98 Å². The lowest BCUT2D eigenvalue weighted by Gasteiger charge is -2.23. The summed E-state index contributed by atoms with van der Waals surface area (Å²) in [6.45, 7) is 2.11. The molecule has 2 aromatic carbocycles. The van der Waals surface area contributed by atoms with Crippen molar-refractivity contribution in [3.63, 3.8) is 0 Å². The van der Waals surface area contributed by atoms with Gasteiger partial charge in [0.05, 0.1) is 41.4 Å². The van der Waals surface area contributed by atoms with Gasteiger partial charge >= 0.3 is 0 Å². The number of rotatable bonds is 4. The van der Waals surface area contributed by atoms with Crippen LogP contribution in [-0.2, 0) is 6.54 Å². The third kappa shape index (κ3) is 2.92. The van der Waals surface area contributed by atoms with Crippen LogP contribution in [0.2, 0.25) is 0 Å². The number of aromatic nitrogens is 2. The maximum absolute atomic E-state index is 10.5. The minimum Gasteiger partial charge on any atom is -0.387 e. The predicted molar refractivity (Wildman–Crippen MR) is 101 cm³/mol. The van der Waals surface area contributed by atoms with Gasteiger partial charge in [-0.1, -0.05) is 24.3 Å². The molecule has 6 heteroatoms. The summed E-state index contributed by atoms with van der Waals surface area (Å²) in [6.07, 6.45) is 0.642. The second kappa shape index (κ2) is 6.45. The number of nitrogens with two attached hydrogens (primary N) is 1. The third-order valence-corrected chi connectivity index (χ3v) is 5.05. The van der Waals surface area contributed by atoms with Crippen LogP contribution in [0.15, 0.2) is 48.5 Å². The van der Waals surface area contributed by atoms with E-state index in [1.165, 1.54) is 0 Å². The molecule has 4 rings (SSSR count). The van der Waals surface area contributed by atoms with Crippen molar-refractivity contribution >= 4 is 17.0 Å². The molecule has 0 bridgehead atoms. The SMILES string of the molecule is N#Cc1ccc(Cn2c(N3CC[C@@](O)(CN)C3)nc3ccccc32)cc1. The Morgan fingerprint density at radius 3 is 2.65 bits per heavy atom. The molecule has 1 atom stereocenters. The number of β-amino-alcohol motifs (C(OH)–C–C–N with tert-alkyl or cyclic N) is 1. The first-order valence-electron chi connectivity index (χ1n) is 8.74. The number of nitrogens with zero attached hydrogens (tertiary/aromatic N) is 4. The fourth-order valence-corrected chi connectivity index (χ4v) is 3.52. The van der Waals surface area contributed by atoms with E-state index in [4.69, 9.17) is 16.0 Å². The third-order valence-electron chi connectivity index (χ3n) is 5.05. The fraction of sp³-hybridized carbons (Fsp3) is 0.300. The minimum atomic E-state index is -0.850. The Kier molecular flexibility index (Phi) is 4.11. The zero-order valence-electron chi connectivity index (χ0n) is 14.5. The van der Waals surface area contributed by atoms with Crippen LogP contribution in [0.1, 0.15) is 17.5 Å². The highest BCUT2D eigenvalue weighted by atomic mass is 16.3. The number of nitriles is 1. The minimum absolute atomic E-state index is 0.249. The van der Waals surface area contributed by atoms with Crippen LogP contribution in [0.25, 0.3) is 11.0 Å². The van der Waals surface area contributed by atoms with Gasteiger partial charge in [-0.3, -0.25) is 0 Å². The van der Waals surface area contributed by atoms with Gasteiger partial charge in [0.2, 0.25) is 5.95 Å². The standard InChI is InChI=1S/C20H21N5O/c21-11-15-5-7-16(8-6-15)12-25-18-4-2-1-3-17(18)23-19(25)24-10-9-20(26,13-22)14-24/h1-8,26H,9-10,12-14,22H2/t20-/m1/s1. The van der Waals surface area contributed by atoms with Gasteiger partial charge in [-0.05, 0) is 36.2 Å². The first-order valence-corrected chi connectivity index (χ1v) is 8.74. The molecule has 2 heterocycles. The van der Waals surface area contributed by atoms with Crippen LogP contribution < -0.4 is 10.6 Å². The van der Waals surface area contributed by atoms with Crippen LogP contribution in [0.4, 0.5) is 5.95 Å². The number of para-hydroxylation sites is 2. The van der Waals surface area contributed by atoms with Gasteiger partial charge < -0.3 is 20.3 Å². The zero-order valence-corrected chi connectivity index (χ0v) is 14.5. The van der Waals surface area contributed by atoms with Crippen molar-refractivity contribution in [2.24, 2.45) is 5.73 Å². The average Bonchev–Trinajstić information content (AvgIpc) is 3.24. The predicted octanol–water partition coefficient (Wildman–Crippen LogP) is 1.86. The molecule has 26 heavy (non-hydrogen) atoms. The number of hydrogen-bond donors (Lipinski definition) is 2. The average molecular weight is 347 g/mol. The van der Waals surface area contributed by atoms with E-state index in [1.54, 1.807) is 0 Å². The van der Waals surface area contributed by atoms with Crippen LogP contribution in [0.5, 0.6) is 0 Å². The summed E-state index contributed by atoms with van der Waals surface area (Å²) in [5.74, 6) is 0.847. The summed E-state index contributed by atoms with van der Waals surface area (Å²) in [6, 6.07) is 17.8. The molecule has 0 unspecified atom stereocenters. The molecule has 0 aliphatic carbocycles. The van der Waals surface area contributed by atoms with Gasteiger partial charge in [-0.2, -0.15) is 5.26 Å². The molecule has 1 aromatic heterocycles. The molecule has 132 valence electrons. The quantitative estimate of drug-likeness (QED) is 0.752. The zero-order chi connectivity index (χ0) is 18.1. The van der Waals surface area contributed by atoms with Gasteiger partial charge in [-0.15, -0.1) is 0 Å². The topological polar surface area (TPSA) is 91.1 Å². The lowest BCUT2D eigenvalue weighted by atomic mass is 10.0. The molecular weight excluding hydrogens is 326 g/mol. The smallest absolute Gasteiger partial charge is 0.206 e. The first kappa shape index (κ1) is 16.6. The fourth-order valence-electron chi connectivity index (χ4n) is 3.52. The van der Waals surface area contributed by atoms with Crippen LogP contribution in [-0.4, -0.2) is 39.9 Å². The molecule has 0 radical (unpaired) electrons. The van der Waals surface area contributed by atoms with Crippen molar-refractivity contribution in [3.8, 4) is 6.07 Å². The van der Waals surface area contributed by atoms with E-state index in [2.05, 4.69) is 21.6 Å². The summed E-state index contributed by atoms with van der Waals surface area (Å²) < 4.78 is 2.17. The highest BCUT2D eigenvalue weighted by Crippen LogP contribution is 2.29. The number of benzene rings is 2. The maximum Gasteiger partial charge on any atom is 0.206 e. The molecule has 1 aliphatic heterocycles. The van der Waals surface area contributed by atoms with Crippen molar-refractivity contribution in [2.75, 3.05) is 24.5 Å². The second-order valence-electron chi connectivity index (χ2n) is 6.90. The van der Waals surface area contributed by atoms with Gasteiger partial charge in [0.1, 0.15) is 0 Å². The Morgan fingerprint density at radius 2 is 1.96 bits per heavy atom. The number of fused-ring (bicyclic) bond motifs is 1. The Bertz CT molecular complexity index is 972. The van der Waals surface area contributed by atoms with Crippen LogP contribution >= 0.6 is 0 Å². The van der Waals surface area contributed by atoms with E-state index < -0.39 is 5.60 Å². The highest BCUT2D eigenvalue weighted by molar-refractivity contribution is 5.79. The van der Waals surface area contributed by atoms with E-state index in [0.717, 1.165) is 29.1 Å². The number of imidazole rings is 1. The Hall–Kier alpha value is -2.88. The highest BCUT2D eigenvalue weighted by Gasteiger charge is 2.36. The number of hydrogen-bond acceptors (Lipinski definition) is 5. The summed E-state index contributed by atoms with van der Waals surface area (Å²) in [5.41, 5.74) is 8.62. The molecule has 0 amide bonds. The van der Waals surface area contributed by atoms with Crippen LogP contribution in [0.3, 0.4) is 0 Å². The summed E-state index contributed by atoms with van der Waals surface area (Å²) in [5, 5.41) is 19.5. The van der Waals surface area contributed by atoms with E-state index in [1.807, 2.05) is 42.5 Å². The molecule has 1 fully saturated rings. The Labute approximate surface area is 152 Å². The molecule has 3 N–H and O–H groups in total. The van der Waals surface area contributed by atoms with Crippen molar-refractivity contribution in [1.29, 1.82) is 5.26 Å². The summed E-state index contributed by atoms with van der Waals surface area (Å²) in [7, 11) is 0. The Morgan fingerprint density at radius 1 is 1.19 bits per heavy atom. The van der Waals surface area contributed by atoms with E-state index in [9.17, 15) is 5.11 Å². The second-order valence-corrected chi connectivity index (χ2v) is 6.90. The van der Waals surface area contributed by atoms with E-state index >= 15 is 0 Å². The normalized spacial score (nSPS) is 19.8. The lowest BCUT2D eigenvalue weighted by molar-refractivity contribution is 0.0724. The molecule has 1 saturated heterocycles. The molecular formula is C20H21N5O. The van der Waals surface area contributed by atoms with E-state index in [-0.39, 0.29) is 6.54 Å². The van der Waals surface area contributed by atoms with E-state index in [0.29, 0.717) is 25.1 Å². The number of anilines is 1. The van der Waals surface area contributed by atoms with Crippen molar-refractivity contribution in [2.45, 2.75) is 18.6 Å². The maximum atomic E-state index is 10.5. The largest absolute Gasteiger partial charge is 0.387 e. The van der Waals surface area contributed by atoms with Crippen molar-refractivity contribution in [3.05, 3.63) is 59.7 Å². The van der Waals surface area contributed by atoms with Gasteiger partial charge in [0, 0.05) is 13.1 Å². The van der Waals surface area contributed by atoms with Gasteiger partial charge in [0.25, 0.3) is 0 Å².